The zero-order valence-corrected chi connectivity index (χ0v) is 20.0. The molecule has 4 unspecified atom stereocenters. The van der Waals surface area contributed by atoms with Crippen LogP contribution >= 0.6 is 0 Å². The molecule has 2 aromatic heterocycles. The highest BCUT2D eigenvalue weighted by Crippen LogP contribution is 2.06. The number of carbonyl (C=O) groups is 6. The van der Waals surface area contributed by atoms with E-state index in [2.05, 4.69) is 35.9 Å². The van der Waals surface area contributed by atoms with Gasteiger partial charge in [0, 0.05) is 43.0 Å². The topological polar surface area (TPSA) is 288 Å². The molecule has 38 heavy (non-hydrogen) atoms. The summed E-state index contributed by atoms with van der Waals surface area (Å²) in [5, 5.41) is 25.3. The van der Waals surface area contributed by atoms with E-state index in [9.17, 15) is 33.9 Å². The molecule has 0 fully saturated rings. The number of primary amides is 1. The van der Waals surface area contributed by atoms with Crippen LogP contribution in [0.3, 0.4) is 0 Å². The molecule has 0 aromatic carbocycles. The van der Waals surface area contributed by atoms with Crippen molar-refractivity contribution >= 4 is 35.6 Å². The van der Waals surface area contributed by atoms with E-state index in [1.54, 1.807) is 0 Å². The molecule has 0 saturated carbocycles. The number of hydrogen-bond acceptors (Lipinski definition) is 9. The molecule has 17 heteroatoms. The first-order chi connectivity index (χ1) is 18.0. The summed E-state index contributed by atoms with van der Waals surface area (Å²) in [4.78, 5) is 85.6. The van der Waals surface area contributed by atoms with Gasteiger partial charge in [0.15, 0.2) is 0 Å². The summed E-state index contributed by atoms with van der Waals surface area (Å²) in [6, 6.07) is -5.57. The van der Waals surface area contributed by atoms with Crippen molar-refractivity contribution in [3.8, 4) is 0 Å². The van der Waals surface area contributed by atoms with E-state index in [1.807, 2.05) is 0 Å². The van der Waals surface area contributed by atoms with Crippen molar-refractivity contribution in [2.45, 2.75) is 56.3 Å². The van der Waals surface area contributed by atoms with Crippen LogP contribution in [-0.4, -0.2) is 89.9 Å². The number of nitrogens with two attached hydrogens (primary N) is 2. The van der Waals surface area contributed by atoms with Crippen molar-refractivity contribution < 1.29 is 39.0 Å². The number of carbonyl (C=O) groups excluding carboxylic acids is 4. The molecule has 0 radical (unpaired) electrons. The lowest BCUT2D eigenvalue weighted by molar-refractivity contribution is -0.143. The van der Waals surface area contributed by atoms with Crippen LogP contribution in [-0.2, 0) is 41.6 Å². The molecule has 0 aliphatic carbocycles. The largest absolute Gasteiger partial charge is 0.481 e. The fourth-order valence-electron chi connectivity index (χ4n) is 3.31. The van der Waals surface area contributed by atoms with Crippen molar-refractivity contribution in [3.05, 3.63) is 36.4 Å². The maximum absolute atomic E-state index is 13.1. The number of imidazole rings is 2. The quantitative estimate of drug-likeness (QED) is 0.102. The van der Waals surface area contributed by atoms with Gasteiger partial charge in [0.25, 0.3) is 0 Å². The Balaban J connectivity index is 2.18. The number of amides is 4. The number of carboxylic acid groups (broad SMARTS) is 2. The average molecular weight is 536 g/mol. The summed E-state index contributed by atoms with van der Waals surface area (Å²) in [5.41, 5.74) is 11.9. The van der Waals surface area contributed by atoms with Gasteiger partial charge in [0.1, 0.15) is 18.1 Å². The number of H-pyrrole nitrogens is 2. The number of nitrogens with one attached hydrogen (secondary N) is 5. The van der Waals surface area contributed by atoms with Gasteiger partial charge in [-0.15, -0.1) is 0 Å². The van der Waals surface area contributed by atoms with E-state index in [4.69, 9.17) is 16.6 Å². The minimum absolute atomic E-state index is 0.0560. The lowest BCUT2D eigenvalue weighted by Gasteiger charge is -2.24. The zero-order chi connectivity index (χ0) is 28.2. The molecule has 0 spiro atoms. The van der Waals surface area contributed by atoms with Crippen LogP contribution in [0.1, 0.15) is 30.7 Å². The van der Waals surface area contributed by atoms with Gasteiger partial charge in [-0.1, -0.05) is 0 Å². The molecule has 0 bridgehead atoms. The molecule has 0 saturated heterocycles. The van der Waals surface area contributed by atoms with Gasteiger partial charge >= 0.3 is 11.9 Å². The Labute approximate surface area is 215 Å². The number of carboxylic acids is 2. The molecular weight excluding hydrogens is 506 g/mol. The molecule has 11 N–H and O–H groups in total. The normalized spacial score (nSPS) is 13.9. The Morgan fingerprint density at radius 2 is 1.34 bits per heavy atom. The second kappa shape index (κ2) is 14.1. The van der Waals surface area contributed by atoms with Crippen LogP contribution in [0.25, 0.3) is 0 Å². The number of aromatic nitrogens is 4. The molecule has 2 rings (SSSR count). The molecule has 206 valence electrons. The van der Waals surface area contributed by atoms with Gasteiger partial charge in [-0.05, 0) is 6.42 Å². The minimum Gasteiger partial charge on any atom is -0.481 e. The Hall–Kier alpha value is -4.80. The zero-order valence-electron chi connectivity index (χ0n) is 20.0. The minimum atomic E-state index is -1.66. The molecule has 2 aromatic rings. The van der Waals surface area contributed by atoms with E-state index in [0.717, 1.165) is 0 Å². The Morgan fingerprint density at radius 3 is 1.84 bits per heavy atom. The van der Waals surface area contributed by atoms with E-state index < -0.39 is 72.6 Å². The first kappa shape index (κ1) is 29.4. The third kappa shape index (κ3) is 9.69. The summed E-state index contributed by atoms with van der Waals surface area (Å²) < 4.78 is 0. The van der Waals surface area contributed by atoms with Gasteiger partial charge in [-0.25, -0.2) is 14.8 Å². The molecule has 0 aliphatic rings. The van der Waals surface area contributed by atoms with Crippen LogP contribution in [0.4, 0.5) is 0 Å². The molecule has 2 heterocycles. The van der Waals surface area contributed by atoms with Crippen LogP contribution in [0, 0.1) is 0 Å². The van der Waals surface area contributed by atoms with Crippen molar-refractivity contribution in [1.29, 1.82) is 0 Å². The van der Waals surface area contributed by atoms with Gasteiger partial charge in [-0.2, -0.15) is 0 Å². The number of hydrogen-bond donors (Lipinski definition) is 9. The van der Waals surface area contributed by atoms with E-state index in [1.165, 1.54) is 25.0 Å². The highest BCUT2D eigenvalue weighted by molar-refractivity contribution is 5.95. The van der Waals surface area contributed by atoms with Crippen LogP contribution in [0.5, 0.6) is 0 Å². The Kier molecular flexibility index (Phi) is 10.9. The van der Waals surface area contributed by atoms with Gasteiger partial charge in [-0.3, -0.25) is 24.0 Å². The molecule has 17 nitrogen and oxygen atoms in total. The molecule has 4 amide bonds. The average Bonchev–Trinajstić information content (AvgIpc) is 3.54. The number of aromatic amines is 2. The van der Waals surface area contributed by atoms with Gasteiger partial charge < -0.3 is 47.6 Å². The van der Waals surface area contributed by atoms with E-state index in [0.29, 0.717) is 11.4 Å². The SMILES string of the molecule is NC(=O)CC(NC(=O)C(Cc1cnc[nH]1)NC(=O)C(CCC(=O)O)NC(=O)C(N)Cc1cnc[nH]1)C(=O)O. The smallest absolute Gasteiger partial charge is 0.326 e. The lowest BCUT2D eigenvalue weighted by Crippen LogP contribution is -2.58. The first-order valence-electron chi connectivity index (χ1n) is 11.3. The Bertz CT molecular complexity index is 1120. The number of rotatable bonds is 16. The standard InChI is InChI=1S/C21H29N9O8/c22-12(3-10-6-24-8-26-10)18(34)28-13(1-2-17(32)33)19(35)29-14(4-11-7-25-9-27-11)20(36)30-15(21(37)38)5-16(23)31/h6-9,12-15H,1-5,22H2,(H2,23,31)(H,24,26)(H,25,27)(H,28,34)(H,29,35)(H,30,36)(H,32,33)(H,37,38). The van der Waals surface area contributed by atoms with Gasteiger partial charge in [0.2, 0.25) is 23.6 Å². The summed E-state index contributed by atoms with van der Waals surface area (Å²) in [7, 11) is 0. The van der Waals surface area contributed by atoms with Crippen LogP contribution in [0.15, 0.2) is 25.0 Å². The fourth-order valence-corrected chi connectivity index (χ4v) is 3.31. The van der Waals surface area contributed by atoms with Crippen LogP contribution in [0.2, 0.25) is 0 Å². The maximum Gasteiger partial charge on any atom is 0.326 e. The van der Waals surface area contributed by atoms with E-state index >= 15 is 0 Å². The number of aliphatic carboxylic acids is 2. The summed E-state index contributed by atoms with van der Waals surface area (Å²) in [5.74, 6) is -6.39. The molecule has 0 aliphatic heterocycles. The molecular formula is C21H29N9O8. The highest BCUT2D eigenvalue weighted by atomic mass is 16.4. The van der Waals surface area contributed by atoms with Crippen LogP contribution < -0.4 is 27.4 Å². The second-order valence-electron chi connectivity index (χ2n) is 8.29. The van der Waals surface area contributed by atoms with Crippen molar-refractivity contribution in [2.75, 3.05) is 0 Å². The Morgan fingerprint density at radius 1 is 0.816 bits per heavy atom. The second-order valence-corrected chi connectivity index (χ2v) is 8.29. The fraction of sp³-hybridized carbons (Fsp3) is 0.429. The number of nitrogens with zero attached hydrogens (tertiary/aromatic N) is 2. The summed E-state index contributed by atoms with van der Waals surface area (Å²) in [6.07, 6.45) is 3.89. The first-order valence-corrected chi connectivity index (χ1v) is 11.3. The third-order valence-corrected chi connectivity index (χ3v) is 5.24. The summed E-state index contributed by atoms with van der Waals surface area (Å²) in [6.45, 7) is 0. The predicted molar refractivity (Wildman–Crippen MR) is 127 cm³/mol. The maximum atomic E-state index is 13.1. The van der Waals surface area contributed by atoms with Crippen molar-refractivity contribution in [1.82, 2.24) is 35.9 Å². The third-order valence-electron chi connectivity index (χ3n) is 5.24. The van der Waals surface area contributed by atoms with Crippen molar-refractivity contribution in [2.24, 2.45) is 11.5 Å². The van der Waals surface area contributed by atoms with Crippen molar-refractivity contribution in [3.63, 3.8) is 0 Å². The monoisotopic (exact) mass is 535 g/mol. The van der Waals surface area contributed by atoms with E-state index in [-0.39, 0.29) is 19.3 Å². The molecule has 4 atom stereocenters. The highest BCUT2D eigenvalue weighted by Gasteiger charge is 2.31. The predicted octanol–water partition coefficient (Wildman–Crippen LogP) is -3.48. The van der Waals surface area contributed by atoms with Gasteiger partial charge in [0.05, 0.1) is 25.1 Å². The lowest BCUT2D eigenvalue weighted by atomic mass is 10.1. The summed E-state index contributed by atoms with van der Waals surface area (Å²) >= 11 is 0.